The Morgan fingerprint density at radius 3 is 2.56 bits per heavy atom. The fourth-order valence-electron chi connectivity index (χ4n) is 2.34. The van der Waals surface area contributed by atoms with Crippen LogP contribution in [0.3, 0.4) is 0 Å². The van der Waals surface area contributed by atoms with E-state index in [-0.39, 0.29) is 6.04 Å². The zero-order valence-electron chi connectivity index (χ0n) is 10.3. The quantitative estimate of drug-likeness (QED) is 0.845. The second kappa shape index (κ2) is 4.88. The molecule has 2 nitrogen and oxygen atoms in total. The van der Waals surface area contributed by atoms with Gasteiger partial charge < -0.3 is 10.6 Å². The number of benzene rings is 1. The van der Waals surface area contributed by atoms with E-state index >= 15 is 0 Å². The SMILES string of the molecule is CC[C@H](N)c1ccc(N2CCC(C)C2)cc1. The third kappa shape index (κ3) is 2.38. The van der Waals surface area contributed by atoms with Gasteiger partial charge in [0, 0.05) is 24.8 Å². The number of nitrogens with two attached hydrogens (primary N) is 1. The normalized spacial score (nSPS) is 22.4. The lowest BCUT2D eigenvalue weighted by molar-refractivity contribution is 0.659. The second-order valence-electron chi connectivity index (χ2n) is 4.95. The van der Waals surface area contributed by atoms with Crippen LogP contribution in [-0.4, -0.2) is 13.1 Å². The molecule has 2 atom stereocenters. The fourth-order valence-corrected chi connectivity index (χ4v) is 2.34. The summed E-state index contributed by atoms with van der Waals surface area (Å²) in [4.78, 5) is 2.46. The van der Waals surface area contributed by atoms with E-state index in [2.05, 4.69) is 43.0 Å². The summed E-state index contributed by atoms with van der Waals surface area (Å²) in [5.74, 6) is 0.831. The Morgan fingerprint density at radius 1 is 1.38 bits per heavy atom. The van der Waals surface area contributed by atoms with Crippen molar-refractivity contribution in [2.24, 2.45) is 11.7 Å². The molecule has 16 heavy (non-hydrogen) atoms. The molecule has 1 aliphatic heterocycles. The summed E-state index contributed by atoms with van der Waals surface area (Å²) in [5, 5.41) is 0. The van der Waals surface area contributed by atoms with E-state index in [0.29, 0.717) is 0 Å². The lowest BCUT2D eigenvalue weighted by Gasteiger charge is -2.19. The highest BCUT2D eigenvalue weighted by atomic mass is 15.1. The molecule has 2 N–H and O–H groups in total. The first-order valence-corrected chi connectivity index (χ1v) is 6.31. The van der Waals surface area contributed by atoms with Crippen molar-refractivity contribution in [3.8, 4) is 0 Å². The Labute approximate surface area is 98.4 Å². The van der Waals surface area contributed by atoms with Crippen LogP contribution in [0.15, 0.2) is 24.3 Å². The molecule has 1 heterocycles. The second-order valence-corrected chi connectivity index (χ2v) is 4.95. The van der Waals surface area contributed by atoms with Gasteiger partial charge in [-0.2, -0.15) is 0 Å². The zero-order valence-corrected chi connectivity index (χ0v) is 10.3. The zero-order chi connectivity index (χ0) is 11.5. The summed E-state index contributed by atoms with van der Waals surface area (Å²) in [6.45, 7) is 6.83. The molecule has 0 radical (unpaired) electrons. The molecule has 2 heteroatoms. The van der Waals surface area contributed by atoms with Crippen molar-refractivity contribution in [2.45, 2.75) is 32.7 Å². The summed E-state index contributed by atoms with van der Waals surface area (Å²) in [6.07, 6.45) is 2.32. The van der Waals surface area contributed by atoms with E-state index in [0.717, 1.165) is 12.3 Å². The number of hydrogen-bond donors (Lipinski definition) is 1. The van der Waals surface area contributed by atoms with Crippen LogP contribution in [-0.2, 0) is 0 Å². The molecule has 0 amide bonds. The largest absolute Gasteiger partial charge is 0.371 e. The molecule has 1 unspecified atom stereocenters. The van der Waals surface area contributed by atoms with Crippen LogP contribution < -0.4 is 10.6 Å². The van der Waals surface area contributed by atoms with Crippen LogP contribution >= 0.6 is 0 Å². The van der Waals surface area contributed by atoms with Gasteiger partial charge in [-0.3, -0.25) is 0 Å². The number of nitrogens with zero attached hydrogens (tertiary/aromatic N) is 1. The Bertz CT molecular complexity index is 331. The molecule has 2 rings (SSSR count). The van der Waals surface area contributed by atoms with Gasteiger partial charge in [-0.15, -0.1) is 0 Å². The summed E-state index contributed by atoms with van der Waals surface area (Å²) < 4.78 is 0. The van der Waals surface area contributed by atoms with Crippen molar-refractivity contribution in [3.63, 3.8) is 0 Å². The van der Waals surface area contributed by atoms with Gasteiger partial charge in [-0.1, -0.05) is 26.0 Å². The Balaban J connectivity index is 2.07. The van der Waals surface area contributed by atoms with Crippen LogP contribution in [0.5, 0.6) is 0 Å². The van der Waals surface area contributed by atoms with Gasteiger partial charge in [0.05, 0.1) is 0 Å². The van der Waals surface area contributed by atoms with Crippen LogP contribution in [0.25, 0.3) is 0 Å². The molecular weight excluding hydrogens is 196 g/mol. The maximum atomic E-state index is 6.01. The van der Waals surface area contributed by atoms with E-state index in [1.165, 1.54) is 30.8 Å². The smallest absolute Gasteiger partial charge is 0.0366 e. The lowest BCUT2D eigenvalue weighted by Crippen LogP contribution is -2.19. The third-order valence-electron chi connectivity index (χ3n) is 3.55. The van der Waals surface area contributed by atoms with Crippen molar-refractivity contribution in [2.75, 3.05) is 18.0 Å². The number of hydrogen-bond acceptors (Lipinski definition) is 2. The molecule has 1 saturated heterocycles. The predicted octanol–water partition coefficient (Wildman–Crippen LogP) is 2.94. The number of anilines is 1. The topological polar surface area (TPSA) is 29.3 Å². The highest BCUT2D eigenvalue weighted by Gasteiger charge is 2.18. The molecule has 0 bridgehead atoms. The Hall–Kier alpha value is -1.02. The summed E-state index contributed by atoms with van der Waals surface area (Å²) in [6, 6.07) is 8.96. The summed E-state index contributed by atoms with van der Waals surface area (Å²) in [5.41, 5.74) is 8.60. The molecule has 1 fully saturated rings. The standard InChI is InChI=1S/C14H22N2/c1-3-14(15)12-4-6-13(7-5-12)16-9-8-11(2)10-16/h4-7,11,14H,3,8-10,15H2,1-2H3/t11?,14-/m0/s1. The first-order valence-electron chi connectivity index (χ1n) is 6.31. The first-order chi connectivity index (χ1) is 7.70. The Morgan fingerprint density at radius 2 is 2.06 bits per heavy atom. The van der Waals surface area contributed by atoms with Gasteiger partial charge >= 0.3 is 0 Å². The maximum Gasteiger partial charge on any atom is 0.0366 e. The molecule has 1 aromatic rings. The van der Waals surface area contributed by atoms with Crippen molar-refractivity contribution in [1.29, 1.82) is 0 Å². The van der Waals surface area contributed by atoms with E-state index in [1.807, 2.05) is 0 Å². The van der Waals surface area contributed by atoms with Gasteiger partial charge in [0.1, 0.15) is 0 Å². The van der Waals surface area contributed by atoms with Crippen molar-refractivity contribution >= 4 is 5.69 Å². The maximum absolute atomic E-state index is 6.01. The van der Waals surface area contributed by atoms with Crippen LogP contribution in [0.1, 0.15) is 38.3 Å². The van der Waals surface area contributed by atoms with E-state index in [4.69, 9.17) is 5.73 Å². The average molecular weight is 218 g/mol. The molecule has 1 aromatic carbocycles. The minimum Gasteiger partial charge on any atom is -0.371 e. The highest BCUT2D eigenvalue weighted by Crippen LogP contribution is 2.25. The fraction of sp³-hybridized carbons (Fsp3) is 0.571. The summed E-state index contributed by atoms with van der Waals surface area (Å²) in [7, 11) is 0. The van der Waals surface area contributed by atoms with Gasteiger partial charge in [-0.05, 0) is 36.5 Å². The molecule has 88 valence electrons. The average Bonchev–Trinajstić information content (AvgIpc) is 2.75. The molecule has 0 aliphatic carbocycles. The minimum absolute atomic E-state index is 0.187. The molecular formula is C14H22N2. The summed E-state index contributed by atoms with van der Waals surface area (Å²) >= 11 is 0. The first kappa shape index (κ1) is 11.5. The molecule has 0 saturated carbocycles. The predicted molar refractivity (Wildman–Crippen MR) is 69.7 cm³/mol. The lowest BCUT2D eigenvalue weighted by atomic mass is 10.1. The monoisotopic (exact) mass is 218 g/mol. The van der Waals surface area contributed by atoms with Crippen LogP contribution in [0, 0.1) is 5.92 Å². The van der Waals surface area contributed by atoms with E-state index < -0.39 is 0 Å². The van der Waals surface area contributed by atoms with Crippen LogP contribution in [0.4, 0.5) is 5.69 Å². The van der Waals surface area contributed by atoms with Crippen molar-refractivity contribution in [1.82, 2.24) is 0 Å². The third-order valence-corrected chi connectivity index (χ3v) is 3.55. The van der Waals surface area contributed by atoms with Gasteiger partial charge in [0.2, 0.25) is 0 Å². The van der Waals surface area contributed by atoms with Gasteiger partial charge in [0.15, 0.2) is 0 Å². The Kier molecular flexibility index (Phi) is 3.49. The van der Waals surface area contributed by atoms with Gasteiger partial charge in [-0.25, -0.2) is 0 Å². The van der Waals surface area contributed by atoms with Crippen LogP contribution in [0.2, 0.25) is 0 Å². The highest BCUT2D eigenvalue weighted by molar-refractivity contribution is 5.48. The minimum atomic E-state index is 0.187. The van der Waals surface area contributed by atoms with Crippen molar-refractivity contribution < 1.29 is 0 Å². The van der Waals surface area contributed by atoms with Gasteiger partial charge in [0.25, 0.3) is 0 Å². The number of rotatable bonds is 3. The molecule has 0 aromatic heterocycles. The molecule has 1 aliphatic rings. The van der Waals surface area contributed by atoms with E-state index in [1.54, 1.807) is 0 Å². The van der Waals surface area contributed by atoms with Crippen molar-refractivity contribution in [3.05, 3.63) is 29.8 Å². The molecule has 0 spiro atoms. The van der Waals surface area contributed by atoms with E-state index in [9.17, 15) is 0 Å².